The van der Waals surface area contributed by atoms with Gasteiger partial charge in [0.15, 0.2) is 0 Å². The van der Waals surface area contributed by atoms with Crippen LogP contribution in [0.2, 0.25) is 0 Å². The Balaban J connectivity index is 2.97. The molecule has 0 aliphatic carbocycles. The Hall–Kier alpha value is -1.30. The molecule has 3 N–H and O–H groups in total. The van der Waals surface area contributed by atoms with Crippen LogP contribution in [0.15, 0.2) is 12.1 Å². The zero-order valence-corrected chi connectivity index (χ0v) is 11.2. The summed E-state index contributed by atoms with van der Waals surface area (Å²) in [5, 5.41) is 0. The Labute approximate surface area is 105 Å². The van der Waals surface area contributed by atoms with E-state index in [-0.39, 0.29) is 6.04 Å². The van der Waals surface area contributed by atoms with Gasteiger partial charge in [-0.3, -0.25) is 11.3 Å². The SMILES string of the molecule is CC#CCCC(NN)c1c(C)cc(C)cc1C. The first-order valence-electron chi connectivity index (χ1n) is 6.03. The Morgan fingerprint density at radius 3 is 2.29 bits per heavy atom. The highest BCUT2D eigenvalue weighted by Gasteiger charge is 2.14. The van der Waals surface area contributed by atoms with E-state index in [1.165, 1.54) is 22.3 Å². The molecule has 92 valence electrons. The van der Waals surface area contributed by atoms with E-state index >= 15 is 0 Å². The van der Waals surface area contributed by atoms with Crippen molar-refractivity contribution < 1.29 is 0 Å². The van der Waals surface area contributed by atoms with Crippen molar-refractivity contribution in [3.8, 4) is 11.8 Å². The molecular weight excluding hydrogens is 208 g/mol. The normalized spacial score (nSPS) is 11.8. The first-order chi connectivity index (χ1) is 8.10. The number of aryl methyl sites for hydroxylation is 3. The van der Waals surface area contributed by atoms with Gasteiger partial charge in [0.25, 0.3) is 0 Å². The Morgan fingerprint density at radius 1 is 1.24 bits per heavy atom. The number of hydrazine groups is 1. The summed E-state index contributed by atoms with van der Waals surface area (Å²) in [6.45, 7) is 8.28. The lowest BCUT2D eigenvalue weighted by molar-refractivity contribution is 0.519. The maximum absolute atomic E-state index is 5.66. The van der Waals surface area contributed by atoms with Gasteiger partial charge in [-0.2, -0.15) is 0 Å². The van der Waals surface area contributed by atoms with E-state index in [0.717, 1.165) is 12.8 Å². The second kappa shape index (κ2) is 6.44. The third kappa shape index (κ3) is 3.59. The lowest BCUT2D eigenvalue weighted by atomic mass is 9.92. The van der Waals surface area contributed by atoms with Crippen LogP contribution >= 0.6 is 0 Å². The lowest BCUT2D eigenvalue weighted by Crippen LogP contribution is -2.29. The van der Waals surface area contributed by atoms with E-state index in [1.807, 2.05) is 6.92 Å². The number of benzene rings is 1. The Morgan fingerprint density at radius 2 is 1.82 bits per heavy atom. The molecule has 0 amide bonds. The third-order valence-electron chi connectivity index (χ3n) is 3.02. The van der Waals surface area contributed by atoms with Crippen molar-refractivity contribution in [1.82, 2.24) is 5.43 Å². The maximum atomic E-state index is 5.66. The van der Waals surface area contributed by atoms with Gasteiger partial charge in [0, 0.05) is 12.5 Å². The molecule has 1 rings (SSSR count). The van der Waals surface area contributed by atoms with Crippen molar-refractivity contribution in [3.63, 3.8) is 0 Å². The van der Waals surface area contributed by atoms with Crippen LogP contribution in [-0.2, 0) is 0 Å². The number of hydrogen-bond donors (Lipinski definition) is 2. The predicted octanol–water partition coefficient (Wildman–Crippen LogP) is 2.92. The van der Waals surface area contributed by atoms with Crippen molar-refractivity contribution in [3.05, 3.63) is 34.4 Å². The molecule has 0 saturated carbocycles. The van der Waals surface area contributed by atoms with Gasteiger partial charge in [0.05, 0.1) is 0 Å². The zero-order chi connectivity index (χ0) is 12.8. The Kier molecular flexibility index (Phi) is 5.21. The van der Waals surface area contributed by atoms with Crippen molar-refractivity contribution in [2.45, 2.75) is 46.6 Å². The van der Waals surface area contributed by atoms with Crippen LogP contribution in [0.5, 0.6) is 0 Å². The molecule has 0 radical (unpaired) electrons. The number of hydrogen-bond acceptors (Lipinski definition) is 2. The van der Waals surface area contributed by atoms with Crippen LogP contribution < -0.4 is 11.3 Å². The Bertz CT molecular complexity index is 415. The van der Waals surface area contributed by atoms with Crippen molar-refractivity contribution in [2.24, 2.45) is 5.84 Å². The molecule has 1 unspecified atom stereocenters. The molecule has 1 aromatic carbocycles. The molecule has 0 aliphatic rings. The van der Waals surface area contributed by atoms with Crippen molar-refractivity contribution >= 4 is 0 Å². The zero-order valence-electron chi connectivity index (χ0n) is 11.2. The summed E-state index contributed by atoms with van der Waals surface area (Å²) in [4.78, 5) is 0. The molecule has 0 heterocycles. The van der Waals surface area contributed by atoms with Gasteiger partial charge in [0.1, 0.15) is 0 Å². The van der Waals surface area contributed by atoms with Crippen LogP contribution in [0.25, 0.3) is 0 Å². The minimum atomic E-state index is 0.191. The number of nitrogens with one attached hydrogen (secondary N) is 1. The second-order valence-electron chi connectivity index (χ2n) is 4.50. The summed E-state index contributed by atoms with van der Waals surface area (Å²) in [5.74, 6) is 11.7. The van der Waals surface area contributed by atoms with Crippen LogP contribution in [0.3, 0.4) is 0 Å². The summed E-state index contributed by atoms with van der Waals surface area (Å²) in [6, 6.07) is 4.60. The van der Waals surface area contributed by atoms with Gasteiger partial charge in [-0.1, -0.05) is 17.7 Å². The highest BCUT2D eigenvalue weighted by Crippen LogP contribution is 2.26. The molecule has 0 saturated heterocycles. The van der Waals surface area contributed by atoms with Gasteiger partial charge in [-0.25, -0.2) is 0 Å². The maximum Gasteiger partial charge on any atom is 0.0474 e. The van der Waals surface area contributed by atoms with E-state index in [4.69, 9.17) is 5.84 Å². The van der Waals surface area contributed by atoms with Gasteiger partial charge in [-0.05, 0) is 50.8 Å². The number of rotatable bonds is 4. The second-order valence-corrected chi connectivity index (χ2v) is 4.50. The average Bonchev–Trinajstić information content (AvgIpc) is 2.25. The predicted molar refractivity (Wildman–Crippen MR) is 73.4 cm³/mol. The molecule has 1 aromatic rings. The fourth-order valence-corrected chi connectivity index (χ4v) is 2.39. The number of nitrogens with two attached hydrogens (primary N) is 1. The molecule has 1 atom stereocenters. The van der Waals surface area contributed by atoms with Crippen LogP contribution in [-0.4, -0.2) is 0 Å². The average molecular weight is 230 g/mol. The summed E-state index contributed by atoms with van der Waals surface area (Å²) in [6.07, 6.45) is 1.82. The molecule has 0 bridgehead atoms. The molecule has 0 aromatic heterocycles. The lowest BCUT2D eigenvalue weighted by Gasteiger charge is -2.20. The summed E-state index contributed by atoms with van der Waals surface area (Å²) < 4.78 is 0. The quantitative estimate of drug-likeness (QED) is 0.474. The summed E-state index contributed by atoms with van der Waals surface area (Å²) in [5.41, 5.74) is 8.13. The summed E-state index contributed by atoms with van der Waals surface area (Å²) in [7, 11) is 0. The topological polar surface area (TPSA) is 38.0 Å². The van der Waals surface area contributed by atoms with Gasteiger partial charge >= 0.3 is 0 Å². The van der Waals surface area contributed by atoms with E-state index in [2.05, 4.69) is 50.2 Å². The molecule has 0 spiro atoms. The fourth-order valence-electron chi connectivity index (χ4n) is 2.39. The fraction of sp³-hybridized carbons (Fsp3) is 0.467. The molecule has 2 nitrogen and oxygen atoms in total. The minimum Gasteiger partial charge on any atom is -0.271 e. The van der Waals surface area contributed by atoms with E-state index in [9.17, 15) is 0 Å². The molecule has 17 heavy (non-hydrogen) atoms. The van der Waals surface area contributed by atoms with E-state index in [1.54, 1.807) is 0 Å². The monoisotopic (exact) mass is 230 g/mol. The van der Waals surface area contributed by atoms with Crippen LogP contribution in [0.4, 0.5) is 0 Å². The first kappa shape index (κ1) is 13.8. The highest BCUT2D eigenvalue weighted by atomic mass is 15.2. The van der Waals surface area contributed by atoms with Crippen molar-refractivity contribution in [1.29, 1.82) is 0 Å². The standard InChI is InChI=1S/C15H22N2/c1-5-6-7-8-14(17-16)15-12(3)9-11(2)10-13(15)4/h9-10,14,17H,7-8,16H2,1-4H3. The highest BCUT2D eigenvalue weighted by molar-refractivity contribution is 5.39. The van der Waals surface area contributed by atoms with Gasteiger partial charge in [0.2, 0.25) is 0 Å². The molecular formula is C15H22N2. The smallest absolute Gasteiger partial charge is 0.0474 e. The third-order valence-corrected chi connectivity index (χ3v) is 3.02. The van der Waals surface area contributed by atoms with E-state index < -0.39 is 0 Å². The van der Waals surface area contributed by atoms with Crippen LogP contribution in [0, 0.1) is 32.6 Å². The minimum absolute atomic E-state index is 0.191. The molecule has 0 aliphatic heterocycles. The van der Waals surface area contributed by atoms with Gasteiger partial charge < -0.3 is 0 Å². The van der Waals surface area contributed by atoms with E-state index in [0.29, 0.717) is 0 Å². The first-order valence-corrected chi connectivity index (χ1v) is 6.03. The van der Waals surface area contributed by atoms with Crippen LogP contribution in [0.1, 0.15) is 48.1 Å². The summed E-state index contributed by atoms with van der Waals surface area (Å²) >= 11 is 0. The molecule has 0 fully saturated rings. The van der Waals surface area contributed by atoms with Gasteiger partial charge in [-0.15, -0.1) is 11.8 Å². The largest absolute Gasteiger partial charge is 0.271 e. The molecule has 2 heteroatoms. The van der Waals surface area contributed by atoms with Crippen molar-refractivity contribution in [2.75, 3.05) is 0 Å².